The molecule has 5 heteroatoms. The minimum absolute atomic E-state index is 0.227. The van der Waals surface area contributed by atoms with E-state index >= 15 is 0 Å². The first-order valence-corrected chi connectivity index (χ1v) is 7.16. The van der Waals surface area contributed by atoms with Crippen LogP contribution in [-0.4, -0.2) is 30.3 Å². The summed E-state index contributed by atoms with van der Waals surface area (Å²) in [5.74, 6) is 1.28. The van der Waals surface area contributed by atoms with Gasteiger partial charge in [0, 0.05) is 6.54 Å². The van der Waals surface area contributed by atoms with Crippen molar-refractivity contribution in [2.45, 2.75) is 38.3 Å². The summed E-state index contributed by atoms with van der Waals surface area (Å²) in [6, 6.07) is 4.20. The summed E-state index contributed by atoms with van der Waals surface area (Å²) in [4.78, 5) is 6.85. The van der Waals surface area contributed by atoms with E-state index in [9.17, 15) is 0 Å². The molecule has 0 aromatic carbocycles. The lowest BCUT2D eigenvalue weighted by molar-refractivity contribution is 0.0296. The predicted molar refractivity (Wildman–Crippen MR) is 75.6 cm³/mol. The van der Waals surface area contributed by atoms with E-state index in [1.165, 1.54) is 0 Å². The summed E-state index contributed by atoms with van der Waals surface area (Å²) < 4.78 is 5.69. The van der Waals surface area contributed by atoms with Crippen LogP contribution < -0.4 is 4.90 Å². The molecule has 0 radical (unpaired) electrons. The van der Waals surface area contributed by atoms with E-state index in [0.29, 0.717) is 16.9 Å². The number of alkyl halides is 1. The lowest BCUT2D eigenvalue weighted by atomic mass is 10.1. The van der Waals surface area contributed by atoms with Gasteiger partial charge < -0.3 is 9.64 Å². The van der Waals surface area contributed by atoms with Gasteiger partial charge in [0.1, 0.15) is 5.82 Å². The predicted octanol–water partition coefficient (Wildman–Crippen LogP) is 3.48. The number of pyridine rings is 1. The number of nitrogens with zero attached hydrogens (tertiary/aromatic N) is 2. The molecular weight excluding hydrogens is 271 g/mol. The third kappa shape index (κ3) is 2.90. The van der Waals surface area contributed by atoms with Crippen LogP contribution in [0.5, 0.6) is 0 Å². The highest BCUT2D eigenvalue weighted by Crippen LogP contribution is 2.25. The monoisotopic (exact) mass is 288 g/mol. The van der Waals surface area contributed by atoms with E-state index in [0.717, 1.165) is 31.1 Å². The van der Waals surface area contributed by atoms with Crippen LogP contribution in [0, 0.1) is 0 Å². The molecule has 0 saturated carbocycles. The van der Waals surface area contributed by atoms with Gasteiger partial charge in [-0.1, -0.05) is 18.5 Å². The largest absolute Gasteiger partial charge is 0.375 e. The minimum atomic E-state index is 0.227. The Bertz CT molecular complexity index is 414. The molecule has 2 rings (SSSR count). The summed E-state index contributed by atoms with van der Waals surface area (Å²) in [6.45, 7) is 5.85. The molecule has 0 amide bonds. The molecular formula is C13H18Cl2N2O. The van der Waals surface area contributed by atoms with Crippen molar-refractivity contribution in [3.8, 4) is 0 Å². The molecule has 2 atom stereocenters. The van der Waals surface area contributed by atoms with Crippen LogP contribution in [-0.2, 0) is 10.6 Å². The Kier molecular flexibility index (Phi) is 4.71. The number of ether oxygens (including phenoxy) is 1. The van der Waals surface area contributed by atoms with Crippen LogP contribution in [0.4, 0.5) is 5.82 Å². The standard InChI is InChI=1S/C13H18Cl2N2O/c1-3-10-8-18-9(2)7-17(10)13-5-4-11(15)12(6-14)16-13/h4-5,9-10H,3,6-8H2,1-2H3. The van der Waals surface area contributed by atoms with Gasteiger partial charge in [-0.25, -0.2) is 4.98 Å². The van der Waals surface area contributed by atoms with E-state index < -0.39 is 0 Å². The van der Waals surface area contributed by atoms with Crippen molar-refractivity contribution in [1.82, 2.24) is 4.98 Å². The van der Waals surface area contributed by atoms with Gasteiger partial charge >= 0.3 is 0 Å². The Labute approximate surface area is 118 Å². The second-order valence-corrected chi connectivity index (χ2v) is 5.26. The van der Waals surface area contributed by atoms with Gasteiger partial charge in [0.15, 0.2) is 0 Å². The number of morpholine rings is 1. The van der Waals surface area contributed by atoms with Gasteiger partial charge in [0.2, 0.25) is 0 Å². The van der Waals surface area contributed by atoms with Crippen LogP contribution in [0.15, 0.2) is 12.1 Å². The quantitative estimate of drug-likeness (QED) is 0.797. The summed E-state index contributed by atoms with van der Waals surface area (Å²) in [5, 5.41) is 0.628. The lowest BCUT2D eigenvalue weighted by Gasteiger charge is -2.39. The topological polar surface area (TPSA) is 25.4 Å². The maximum Gasteiger partial charge on any atom is 0.129 e. The second kappa shape index (κ2) is 6.09. The van der Waals surface area contributed by atoms with E-state index in [1.54, 1.807) is 0 Å². The smallest absolute Gasteiger partial charge is 0.129 e. The normalized spacial score (nSPS) is 24.3. The van der Waals surface area contributed by atoms with Gasteiger partial charge in [-0.05, 0) is 25.5 Å². The Balaban J connectivity index is 2.27. The third-order valence-corrected chi connectivity index (χ3v) is 3.86. The fourth-order valence-corrected chi connectivity index (χ4v) is 2.63. The number of hydrogen-bond acceptors (Lipinski definition) is 3. The van der Waals surface area contributed by atoms with Crippen molar-refractivity contribution < 1.29 is 4.74 Å². The van der Waals surface area contributed by atoms with Gasteiger partial charge in [-0.2, -0.15) is 0 Å². The molecule has 0 N–H and O–H groups in total. The number of rotatable bonds is 3. The molecule has 0 aliphatic carbocycles. The van der Waals surface area contributed by atoms with E-state index in [-0.39, 0.29) is 6.10 Å². The first-order valence-electron chi connectivity index (χ1n) is 6.25. The van der Waals surface area contributed by atoms with Crippen molar-refractivity contribution in [3.05, 3.63) is 22.8 Å². The highest BCUT2D eigenvalue weighted by atomic mass is 35.5. The summed E-state index contributed by atoms with van der Waals surface area (Å²) >= 11 is 11.9. The average molecular weight is 289 g/mol. The molecule has 1 aliphatic rings. The maximum atomic E-state index is 6.04. The van der Waals surface area contributed by atoms with Gasteiger partial charge in [-0.15, -0.1) is 11.6 Å². The Morgan fingerprint density at radius 2 is 2.28 bits per heavy atom. The second-order valence-electron chi connectivity index (χ2n) is 4.59. The molecule has 1 aromatic rings. The fourth-order valence-electron chi connectivity index (χ4n) is 2.19. The Morgan fingerprint density at radius 1 is 1.50 bits per heavy atom. The highest BCUT2D eigenvalue weighted by molar-refractivity contribution is 6.32. The van der Waals surface area contributed by atoms with Crippen molar-refractivity contribution in [1.29, 1.82) is 0 Å². The Hall–Kier alpha value is -0.510. The number of anilines is 1. The zero-order chi connectivity index (χ0) is 13.1. The molecule has 0 bridgehead atoms. The van der Waals surface area contributed by atoms with Crippen LogP contribution in [0.3, 0.4) is 0 Å². The minimum Gasteiger partial charge on any atom is -0.375 e. The molecule has 1 fully saturated rings. The van der Waals surface area contributed by atoms with Crippen LogP contribution in [0.25, 0.3) is 0 Å². The summed E-state index contributed by atoms with van der Waals surface area (Å²) in [6.07, 6.45) is 1.26. The van der Waals surface area contributed by atoms with Crippen LogP contribution in [0.2, 0.25) is 5.02 Å². The van der Waals surface area contributed by atoms with Gasteiger partial charge in [-0.3, -0.25) is 0 Å². The van der Waals surface area contributed by atoms with E-state index in [2.05, 4.69) is 23.7 Å². The Morgan fingerprint density at radius 3 is 2.94 bits per heavy atom. The van der Waals surface area contributed by atoms with Crippen molar-refractivity contribution >= 4 is 29.0 Å². The average Bonchev–Trinajstić information content (AvgIpc) is 2.39. The molecule has 1 aromatic heterocycles. The molecule has 18 heavy (non-hydrogen) atoms. The SMILES string of the molecule is CCC1COC(C)CN1c1ccc(Cl)c(CCl)n1. The lowest BCUT2D eigenvalue weighted by Crippen LogP contribution is -2.49. The van der Waals surface area contributed by atoms with Crippen molar-refractivity contribution in [2.75, 3.05) is 18.1 Å². The van der Waals surface area contributed by atoms with Crippen molar-refractivity contribution in [2.24, 2.45) is 0 Å². The number of aromatic nitrogens is 1. The van der Waals surface area contributed by atoms with Crippen molar-refractivity contribution in [3.63, 3.8) is 0 Å². The molecule has 1 saturated heterocycles. The zero-order valence-corrected chi connectivity index (χ0v) is 12.2. The first kappa shape index (κ1) is 13.9. The summed E-state index contributed by atoms with van der Waals surface area (Å²) in [7, 11) is 0. The van der Waals surface area contributed by atoms with Crippen LogP contribution >= 0.6 is 23.2 Å². The molecule has 3 nitrogen and oxygen atoms in total. The van der Waals surface area contributed by atoms with E-state index in [4.69, 9.17) is 27.9 Å². The number of hydrogen-bond donors (Lipinski definition) is 0. The number of halogens is 2. The van der Waals surface area contributed by atoms with Gasteiger partial charge in [0.05, 0.1) is 35.3 Å². The fraction of sp³-hybridized carbons (Fsp3) is 0.615. The molecule has 100 valence electrons. The third-order valence-electron chi connectivity index (χ3n) is 3.26. The first-order chi connectivity index (χ1) is 8.65. The van der Waals surface area contributed by atoms with Gasteiger partial charge in [0.25, 0.3) is 0 Å². The van der Waals surface area contributed by atoms with Crippen LogP contribution in [0.1, 0.15) is 26.0 Å². The molecule has 2 heterocycles. The maximum absolute atomic E-state index is 6.04. The zero-order valence-electron chi connectivity index (χ0n) is 10.7. The molecule has 0 spiro atoms. The molecule has 1 aliphatic heterocycles. The highest BCUT2D eigenvalue weighted by Gasteiger charge is 2.26. The molecule has 2 unspecified atom stereocenters. The van der Waals surface area contributed by atoms with E-state index in [1.807, 2.05) is 12.1 Å². The summed E-state index contributed by atoms with van der Waals surface area (Å²) in [5.41, 5.74) is 0.741.